The molecule has 1 heterocycles. The largest absolute Gasteiger partial charge is 0.374 e. The number of aromatic nitrogens is 3. The number of nitrogens with zero attached hydrogens (tertiary/aromatic N) is 5. The van der Waals surface area contributed by atoms with Gasteiger partial charge in [0, 0.05) is 25.7 Å². The van der Waals surface area contributed by atoms with E-state index in [1.54, 1.807) is 10.9 Å². The number of rotatable bonds is 6. The van der Waals surface area contributed by atoms with E-state index in [1.165, 1.54) is 0 Å². The zero-order valence-corrected chi connectivity index (χ0v) is 13.5. The Morgan fingerprint density at radius 3 is 2.82 bits per heavy atom. The lowest BCUT2D eigenvalue weighted by Gasteiger charge is -2.17. The smallest absolute Gasteiger partial charge is 0.216 e. The van der Waals surface area contributed by atoms with Crippen molar-refractivity contribution >= 4 is 24.1 Å². The van der Waals surface area contributed by atoms with Crippen LogP contribution in [0.3, 0.4) is 0 Å². The number of hydrogen-bond donors (Lipinski definition) is 1. The maximum atomic E-state index is 8.62. The van der Waals surface area contributed by atoms with Crippen LogP contribution in [0.15, 0.2) is 29.4 Å². The molecule has 0 radical (unpaired) electrons. The third-order valence-electron chi connectivity index (χ3n) is 3.25. The molecule has 0 fully saturated rings. The monoisotopic (exact) mass is 314 g/mol. The third-order valence-corrected chi connectivity index (χ3v) is 3.51. The first-order valence-electron chi connectivity index (χ1n) is 7.04. The molecule has 0 bridgehead atoms. The molecule has 0 aliphatic heterocycles. The van der Waals surface area contributed by atoms with Gasteiger partial charge in [-0.15, -0.1) is 0 Å². The molecule has 1 aromatic carbocycles. The van der Waals surface area contributed by atoms with Crippen molar-refractivity contribution in [1.29, 1.82) is 5.26 Å². The van der Waals surface area contributed by atoms with Crippen LogP contribution in [0.5, 0.6) is 0 Å². The lowest BCUT2D eigenvalue weighted by atomic mass is 10.2. The fourth-order valence-electron chi connectivity index (χ4n) is 1.96. The normalized spacial score (nSPS) is 10.8. The highest BCUT2D eigenvalue weighted by molar-refractivity contribution is 7.71. The van der Waals surface area contributed by atoms with E-state index in [9.17, 15) is 0 Å². The fourth-order valence-corrected chi connectivity index (χ4v) is 2.16. The first kappa shape index (κ1) is 15.9. The maximum Gasteiger partial charge on any atom is 0.216 e. The predicted octanol–water partition coefficient (Wildman–Crippen LogP) is 2.74. The van der Waals surface area contributed by atoms with Crippen molar-refractivity contribution in [3.05, 3.63) is 40.4 Å². The van der Waals surface area contributed by atoms with Crippen LogP contribution >= 0.6 is 12.2 Å². The van der Waals surface area contributed by atoms with Gasteiger partial charge in [-0.3, -0.25) is 5.10 Å². The van der Waals surface area contributed by atoms with Crippen LogP contribution in [0, 0.1) is 16.1 Å². The molecule has 0 amide bonds. The van der Waals surface area contributed by atoms with Gasteiger partial charge in [0.25, 0.3) is 0 Å². The van der Waals surface area contributed by atoms with Gasteiger partial charge >= 0.3 is 0 Å². The Hall–Kier alpha value is -2.46. The second-order valence-electron chi connectivity index (χ2n) is 4.78. The molecule has 0 spiro atoms. The number of nitrogens with one attached hydrogen (secondary N) is 1. The summed E-state index contributed by atoms with van der Waals surface area (Å²) >= 11 is 5.15. The number of nitriles is 1. The summed E-state index contributed by atoms with van der Waals surface area (Å²) in [5.41, 5.74) is 2.05. The fraction of sp³-hybridized carbons (Fsp3) is 0.333. The lowest BCUT2D eigenvalue weighted by Crippen LogP contribution is -2.17. The zero-order chi connectivity index (χ0) is 15.9. The summed E-state index contributed by atoms with van der Waals surface area (Å²) in [5, 5.41) is 19.8. The van der Waals surface area contributed by atoms with Gasteiger partial charge in [0.05, 0.1) is 18.7 Å². The minimum Gasteiger partial charge on any atom is -0.374 e. The highest BCUT2D eigenvalue weighted by Crippen LogP contribution is 2.13. The Morgan fingerprint density at radius 2 is 2.18 bits per heavy atom. The number of aryl methyl sites for hydroxylation is 1. The van der Waals surface area contributed by atoms with Crippen molar-refractivity contribution in [2.75, 3.05) is 18.5 Å². The summed E-state index contributed by atoms with van der Waals surface area (Å²) in [4.78, 5) is 2.05. The van der Waals surface area contributed by atoms with Gasteiger partial charge in [-0.05, 0) is 29.9 Å². The van der Waals surface area contributed by atoms with Gasteiger partial charge in [0.15, 0.2) is 5.82 Å². The number of H-pyrrole nitrogens is 1. The maximum absolute atomic E-state index is 8.62. The van der Waals surface area contributed by atoms with Crippen LogP contribution in [0.1, 0.15) is 24.7 Å². The molecule has 7 heteroatoms. The highest BCUT2D eigenvalue weighted by atomic mass is 32.1. The molecule has 0 aliphatic rings. The number of anilines is 1. The molecule has 0 saturated carbocycles. The Labute approximate surface area is 134 Å². The first-order valence-corrected chi connectivity index (χ1v) is 7.45. The van der Waals surface area contributed by atoms with Gasteiger partial charge in [0.1, 0.15) is 0 Å². The second-order valence-corrected chi connectivity index (χ2v) is 5.16. The van der Waals surface area contributed by atoms with Crippen LogP contribution < -0.4 is 4.90 Å². The van der Waals surface area contributed by atoms with Crippen LogP contribution in [0.2, 0.25) is 0 Å². The Bertz CT molecular complexity index is 735. The molecule has 22 heavy (non-hydrogen) atoms. The molecule has 0 saturated heterocycles. The molecule has 2 rings (SSSR count). The van der Waals surface area contributed by atoms with Crippen molar-refractivity contribution in [3.63, 3.8) is 0 Å². The highest BCUT2D eigenvalue weighted by Gasteiger charge is 2.02. The summed E-state index contributed by atoms with van der Waals surface area (Å²) in [5.74, 6) is 0.800. The Balaban J connectivity index is 2.11. The average molecular weight is 314 g/mol. The quantitative estimate of drug-likeness (QED) is 0.657. The Kier molecular flexibility index (Phi) is 5.44. The number of hydrogen-bond acceptors (Lipinski definition) is 5. The van der Waals surface area contributed by atoms with Crippen LogP contribution in [-0.4, -0.2) is 34.7 Å². The first-order chi connectivity index (χ1) is 10.7. The summed E-state index contributed by atoms with van der Waals surface area (Å²) in [6.07, 6.45) is 3.02. The van der Waals surface area contributed by atoms with Crippen molar-refractivity contribution < 1.29 is 0 Å². The van der Waals surface area contributed by atoms with Gasteiger partial charge < -0.3 is 4.90 Å². The van der Waals surface area contributed by atoms with E-state index < -0.39 is 0 Å². The van der Waals surface area contributed by atoms with Crippen LogP contribution in [0.25, 0.3) is 0 Å². The van der Waals surface area contributed by atoms with Crippen LogP contribution in [0.4, 0.5) is 5.69 Å². The SMILES string of the molecule is CCc1n[nH]c(=S)n1/N=C\c1ccc(N(C)CCC#N)cc1. The molecule has 1 aromatic heterocycles. The van der Waals surface area contributed by atoms with Crippen molar-refractivity contribution in [2.45, 2.75) is 19.8 Å². The average Bonchev–Trinajstić information content (AvgIpc) is 2.91. The molecule has 0 unspecified atom stereocenters. The zero-order valence-electron chi connectivity index (χ0n) is 12.7. The summed E-state index contributed by atoms with van der Waals surface area (Å²) in [6, 6.07) is 10.1. The van der Waals surface area contributed by atoms with E-state index in [1.807, 2.05) is 43.1 Å². The topological polar surface area (TPSA) is 73.0 Å². The van der Waals surface area contributed by atoms with E-state index in [2.05, 4.69) is 21.4 Å². The molecule has 0 atom stereocenters. The van der Waals surface area contributed by atoms with E-state index >= 15 is 0 Å². The van der Waals surface area contributed by atoms with Gasteiger partial charge in [-0.1, -0.05) is 19.1 Å². The lowest BCUT2D eigenvalue weighted by molar-refractivity contribution is 0.780. The molecule has 0 aliphatic carbocycles. The predicted molar refractivity (Wildman–Crippen MR) is 89.7 cm³/mol. The van der Waals surface area contributed by atoms with E-state index in [4.69, 9.17) is 17.5 Å². The molecule has 1 N–H and O–H groups in total. The summed E-state index contributed by atoms with van der Waals surface area (Å²) in [6.45, 7) is 2.72. The number of benzene rings is 1. The van der Waals surface area contributed by atoms with Crippen molar-refractivity contribution in [3.8, 4) is 6.07 Å². The molecule has 114 valence electrons. The number of aromatic amines is 1. The minimum absolute atomic E-state index is 0.487. The van der Waals surface area contributed by atoms with Gasteiger partial charge in [-0.2, -0.15) is 20.1 Å². The molecular formula is C15H18N6S. The van der Waals surface area contributed by atoms with Gasteiger partial charge in [-0.25, -0.2) is 0 Å². The van der Waals surface area contributed by atoms with Crippen molar-refractivity contribution in [2.24, 2.45) is 5.10 Å². The third kappa shape index (κ3) is 3.80. The van der Waals surface area contributed by atoms with E-state index in [0.29, 0.717) is 17.7 Å². The van der Waals surface area contributed by atoms with Gasteiger partial charge in [0.2, 0.25) is 4.77 Å². The Morgan fingerprint density at radius 1 is 1.45 bits per heavy atom. The van der Waals surface area contributed by atoms with E-state index in [0.717, 1.165) is 23.5 Å². The standard InChI is InChI=1S/C15H18N6S/c1-3-14-18-19-15(22)21(14)17-11-12-5-7-13(8-6-12)20(2)10-4-9-16/h5-8,11H,3-4,10H2,1-2H3,(H,19,22)/b17-11-. The van der Waals surface area contributed by atoms with Crippen molar-refractivity contribution in [1.82, 2.24) is 14.9 Å². The molecule has 2 aromatic rings. The summed E-state index contributed by atoms with van der Waals surface area (Å²) in [7, 11) is 1.97. The summed E-state index contributed by atoms with van der Waals surface area (Å²) < 4.78 is 2.11. The second kappa shape index (κ2) is 7.52. The van der Waals surface area contributed by atoms with E-state index in [-0.39, 0.29) is 0 Å². The molecular weight excluding hydrogens is 296 g/mol. The minimum atomic E-state index is 0.487. The van der Waals surface area contributed by atoms with Crippen LogP contribution in [-0.2, 0) is 6.42 Å². The molecule has 6 nitrogen and oxygen atoms in total.